The summed E-state index contributed by atoms with van der Waals surface area (Å²) in [6.07, 6.45) is 4.51. The standard InChI is InChI=1S/C31H35Cl2N3O3/c1-19-17-35(13-12-23(30(37)21-8-9-21)20(2)29-26(32)6-5-7-27(29)33)14-15-36(19)22-10-11-24-25(31(38)39-4)18-34(3)28(24)16-22/h5-7,10-11,16,18-19,21,37H,2,8-9,12-15,17H2,1,3-4H3/b30-23-. The quantitative estimate of drug-likeness (QED) is 0.178. The number of rotatable bonds is 8. The first-order valence-corrected chi connectivity index (χ1v) is 14.2. The van der Waals surface area contributed by atoms with Crippen molar-refractivity contribution in [1.82, 2.24) is 9.47 Å². The summed E-state index contributed by atoms with van der Waals surface area (Å²) < 4.78 is 6.93. The number of piperazine rings is 1. The number of ether oxygens (including phenoxy) is 1. The largest absolute Gasteiger partial charge is 0.512 e. The molecule has 39 heavy (non-hydrogen) atoms. The molecule has 1 aliphatic carbocycles. The maximum atomic E-state index is 12.2. The average Bonchev–Trinajstić information content (AvgIpc) is 3.72. The molecule has 5 rings (SSSR count). The highest BCUT2D eigenvalue weighted by Crippen LogP contribution is 2.42. The molecule has 0 bridgehead atoms. The van der Waals surface area contributed by atoms with Crippen molar-refractivity contribution in [2.45, 2.75) is 32.2 Å². The molecule has 3 aromatic rings. The number of aryl methyl sites for hydroxylation is 1. The van der Waals surface area contributed by atoms with Gasteiger partial charge in [-0.05, 0) is 67.7 Å². The first kappa shape index (κ1) is 27.6. The summed E-state index contributed by atoms with van der Waals surface area (Å²) in [6, 6.07) is 12.0. The second kappa shape index (κ2) is 11.3. The number of aromatic nitrogens is 1. The number of aliphatic hydroxyl groups is 1. The SMILES string of the molecule is C=C(/C(CCN1CCN(c2ccc3c(C(=O)OC)cn(C)c3c2)C(C)C1)=C(\O)C1CC1)c1c(Cl)cccc1Cl. The van der Waals surface area contributed by atoms with Crippen LogP contribution in [0.3, 0.4) is 0 Å². The number of anilines is 1. The lowest BCUT2D eigenvalue weighted by Gasteiger charge is -2.41. The number of carbonyl (C=O) groups excluding carboxylic acids is 1. The molecule has 0 radical (unpaired) electrons. The van der Waals surface area contributed by atoms with Crippen molar-refractivity contribution < 1.29 is 14.6 Å². The number of allylic oxidation sites excluding steroid dienone is 2. The number of halogens is 2. The first-order chi connectivity index (χ1) is 18.7. The summed E-state index contributed by atoms with van der Waals surface area (Å²) in [5, 5.41) is 13.1. The Hall–Kier alpha value is -2.93. The lowest BCUT2D eigenvalue weighted by atomic mass is 9.94. The zero-order valence-electron chi connectivity index (χ0n) is 22.7. The van der Waals surface area contributed by atoms with Gasteiger partial charge in [-0.3, -0.25) is 4.90 Å². The molecule has 206 valence electrons. The Morgan fingerprint density at radius 3 is 2.51 bits per heavy atom. The molecule has 6 nitrogen and oxygen atoms in total. The molecule has 0 spiro atoms. The van der Waals surface area contributed by atoms with E-state index in [-0.39, 0.29) is 11.9 Å². The molecule has 1 saturated heterocycles. The highest BCUT2D eigenvalue weighted by atomic mass is 35.5. The van der Waals surface area contributed by atoms with Crippen LogP contribution in [-0.4, -0.2) is 59.9 Å². The predicted octanol–water partition coefficient (Wildman–Crippen LogP) is 7.11. The van der Waals surface area contributed by atoms with Crippen LogP contribution in [0.4, 0.5) is 5.69 Å². The van der Waals surface area contributed by atoms with Crippen LogP contribution in [-0.2, 0) is 11.8 Å². The fourth-order valence-electron chi connectivity index (χ4n) is 5.69. The number of fused-ring (bicyclic) bond motifs is 1. The fourth-order valence-corrected chi connectivity index (χ4v) is 6.31. The fraction of sp³-hybridized carbons (Fsp3) is 0.387. The molecule has 2 heterocycles. The van der Waals surface area contributed by atoms with Gasteiger partial charge in [-0.25, -0.2) is 4.79 Å². The molecule has 1 saturated carbocycles. The van der Waals surface area contributed by atoms with Gasteiger partial charge in [0.25, 0.3) is 0 Å². The molecule has 2 aliphatic rings. The summed E-state index contributed by atoms with van der Waals surface area (Å²) >= 11 is 13.0. The smallest absolute Gasteiger partial charge is 0.340 e. The van der Waals surface area contributed by atoms with Gasteiger partial charge in [-0.15, -0.1) is 0 Å². The second-order valence-electron chi connectivity index (χ2n) is 10.7. The summed E-state index contributed by atoms with van der Waals surface area (Å²) in [7, 11) is 3.36. The van der Waals surface area contributed by atoms with Crippen molar-refractivity contribution in [3.8, 4) is 0 Å². The number of esters is 1. The monoisotopic (exact) mass is 567 g/mol. The summed E-state index contributed by atoms with van der Waals surface area (Å²) in [4.78, 5) is 17.0. The highest BCUT2D eigenvalue weighted by molar-refractivity contribution is 6.37. The van der Waals surface area contributed by atoms with Crippen molar-refractivity contribution in [3.05, 3.63) is 81.7 Å². The van der Waals surface area contributed by atoms with E-state index < -0.39 is 0 Å². The minimum absolute atomic E-state index is 0.209. The normalized spacial score (nSPS) is 18.8. The van der Waals surface area contributed by atoms with Crippen LogP contribution in [0, 0.1) is 5.92 Å². The van der Waals surface area contributed by atoms with Gasteiger partial charge in [0.15, 0.2) is 0 Å². The number of hydrogen-bond acceptors (Lipinski definition) is 5. The Kier molecular flexibility index (Phi) is 7.99. The zero-order chi connectivity index (χ0) is 27.8. The van der Waals surface area contributed by atoms with Gasteiger partial charge >= 0.3 is 5.97 Å². The maximum absolute atomic E-state index is 12.2. The minimum atomic E-state index is -0.323. The van der Waals surface area contributed by atoms with Crippen molar-refractivity contribution in [2.24, 2.45) is 13.0 Å². The number of benzene rings is 2. The van der Waals surface area contributed by atoms with Gasteiger partial charge in [0, 0.05) is 78.1 Å². The van der Waals surface area contributed by atoms with E-state index in [1.807, 2.05) is 42.1 Å². The Morgan fingerprint density at radius 2 is 1.87 bits per heavy atom. The molecule has 1 aliphatic heterocycles. The van der Waals surface area contributed by atoms with Gasteiger partial charge in [-0.1, -0.05) is 35.8 Å². The number of hydrogen-bond donors (Lipinski definition) is 1. The molecule has 8 heteroatoms. The average molecular weight is 569 g/mol. The van der Waals surface area contributed by atoms with E-state index in [9.17, 15) is 9.90 Å². The van der Waals surface area contributed by atoms with Crippen molar-refractivity contribution in [3.63, 3.8) is 0 Å². The zero-order valence-corrected chi connectivity index (χ0v) is 24.2. The third-order valence-electron chi connectivity index (χ3n) is 8.00. The van der Waals surface area contributed by atoms with Gasteiger partial charge in [0.05, 0.1) is 23.9 Å². The van der Waals surface area contributed by atoms with Crippen LogP contribution in [0.1, 0.15) is 42.1 Å². The third kappa shape index (κ3) is 5.56. The molecule has 1 aromatic heterocycles. The van der Waals surface area contributed by atoms with E-state index in [1.165, 1.54) is 7.11 Å². The number of aliphatic hydroxyl groups excluding tert-OH is 1. The van der Waals surface area contributed by atoms with Gasteiger partial charge in [0.1, 0.15) is 0 Å². The molecule has 1 unspecified atom stereocenters. The topological polar surface area (TPSA) is 57.9 Å². The van der Waals surface area contributed by atoms with E-state index in [0.717, 1.165) is 61.2 Å². The summed E-state index contributed by atoms with van der Waals surface area (Å²) in [5.41, 5.74) is 5.00. The molecule has 2 fully saturated rings. The van der Waals surface area contributed by atoms with E-state index in [4.69, 9.17) is 27.9 Å². The van der Waals surface area contributed by atoms with Gasteiger partial charge in [0.2, 0.25) is 0 Å². The second-order valence-corrected chi connectivity index (χ2v) is 11.5. The highest BCUT2D eigenvalue weighted by Gasteiger charge is 2.31. The molecule has 0 amide bonds. The van der Waals surface area contributed by atoms with Crippen LogP contribution in [0.5, 0.6) is 0 Å². The van der Waals surface area contributed by atoms with E-state index in [0.29, 0.717) is 45.0 Å². The lowest BCUT2D eigenvalue weighted by Crippen LogP contribution is -2.52. The number of carbonyl (C=O) groups is 1. The molecular weight excluding hydrogens is 533 g/mol. The molecule has 1 N–H and O–H groups in total. The van der Waals surface area contributed by atoms with Gasteiger partial charge in [-0.2, -0.15) is 0 Å². The lowest BCUT2D eigenvalue weighted by molar-refractivity contribution is 0.0602. The van der Waals surface area contributed by atoms with E-state index >= 15 is 0 Å². The van der Waals surface area contributed by atoms with Crippen molar-refractivity contribution in [1.29, 1.82) is 0 Å². The van der Waals surface area contributed by atoms with Crippen LogP contribution in [0.15, 0.2) is 60.5 Å². The predicted molar refractivity (Wildman–Crippen MR) is 160 cm³/mol. The Bertz CT molecular complexity index is 1440. The summed E-state index contributed by atoms with van der Waals surface area (Å²) in [5.74, 6) is 0.321. The minimum Gasteiger partial charge on any atom is -0.512 e. The van der Waals surface area contributed by atoms with Gasteiger partial charge < -0.3 is 19.3 Å². The molecular formula is C31H35Cl2N3O3. The molecule has 1 atom stereocenters. The molecule has 2 aromatic carbocycles. The van der Waals surface area contributed by atoms with Crippen LogP contribution >= 0.6 is 23.2 Å². The van der Waals surface area contributed by atoms with Crippen LogP contribution in [0.2, 0.25) is 10.0 Å². The Labute approximate surface area is 240 Å². The van der Waals surface area contributed by atoms with E-state index in [2.05, 4.69) is 35.4 Å². The Morgan fingerprint density at radius 1 is 1.15 bits per heavy atom. The first-order valence-electron chi connectivity index (χ1n) is 13.4. The number of methoxy groups -OCH3 is 1. The summed E-state index contributed by atoms with van der Waals surface area (Å²) in [6.45, 7) is 10.0. The third-order valence-corrected chi connectivity index (χ3v) is 8.63. The van der Waals surface area contributed by atoms with Crippen LogP contribution < -0.4 is 4.90 Å². The van der Waals surface area contributed by atoms with E-state index in [1.54, 1.807) is 0 Å². The maximum Gasteiger partial charge on any atom is 0.340 e. The van der Waals surface area contributed by atoms with Crippen molar-refractivity contribution in [2.75, 3.05) is 38.2 Å². The van der Waals surface area contributed by atoms with Crippen LogP contribution in [0.25, 0.3) is 16.5 Å². The number of nitrogens with zero attached hydrogens (tertiary/aromatic N) is 3. The Balaban J connectivity index is 1.29. The van der Waals surface area contributed by atoms with Crippen molar-refractivity contribution >= 4 is 51.3 Å².